The van der Waals surface area contributed by atoms with Crippen molar-refractivity contribution in [2.24, 2.45) is 5.92 Å². The van der Waals surface area contributed by atoms with Crippen molar-refractivity contribution < 1.29 is 31.9 Å². The molecule has 3 amide bonds. The van der Waals surface area contributed by atoms with Gasteiger partial charge in [0.15, 0.2) is 0 Å². The fourth-order valence-corrected chi connectivity index (χ4v) is 4.87. The van der Waals surface area contributed by atoms with Gasteiger partial charge in [-0.3, -0.25) is 19.1 Å². The summed E-state index contributed by atoms with van der Waals surface area (Å²) in [6.45, 7) is 3.50. The third-order valence-corrected chi connectivity index (χ3v) is 7.16. The van der Waals surface area contributed by atoms with Crippen molar-refractivity contribution >= 4 is 35.0 Å². The lowest BCUT2D eigenvalue weighted by atomic mass is 9.98. The van der Waals surface area contributed by atoms with Crippen molar-refractivity contribution in [1.82, 2.24) is 20.4 Å². The fourth-order valence-electron chi connectivity index (χ4n) is 4.55. The summed E-state index contributed by atoms with van der Waals surface area (Å²) in [5.74, 6) is -4.12. The Bertz CT molecular complexity index is 1340. The summed E-state index contributed by atoms with van der Waals surface area (Å²) in [4.78, 5) is 39.0. The quantitative estimate of drug-likeness (QED) is 0.262. The zero-order chi connectivity index (χ0) is 29.4. The summed E-state index contributed by atoms with van der Waals surface area (Å²) in [5.41, 5.74) is 1.87. The molecule has 8 nitrogen and oxygen atoms in total. The van der Waals surface area contributed by atoms with E-state index in [4.69, 9.17) is 11.6 Å². The van der Waals surface area contributed by atoms with E-state index in [2.05, 4.69) is 15.7 Å². The number of nitrogens with one attached hydrogen (secondary N) is 3. The number of hydrogen-bond donors (Lipinski definition) is 3. The molecule has 1 aromatic carbocycles. The largest absolute Gasteiger partial charge is 0.405 e. The molecule has 1 heterocycles. The molecular formula is C27H30ClF4N5O3. The number of rotatable bonds is 10. The average molecular weight is 584 g/mol. The third-order valence-electron chi connectivity index (χ3n) is 6.83. The van der Waals surface area contributed by atoms with Gasteiger partial charge in [-0.05, 0) is 81.7 Å². The van der Waals surface area contributed by atoms with Crippen LogP contribution in [0, 0.1) is 11.7 Å². The number of benzene rings is 1. The molecule has 2 aliphatic rings. The van der Waals surface area contributed by atoms with Crippen LogP contribution < -0.4 is 16.0 Å². The van der Waals surface area contributed by atoms with E-state index in [1.807, 2.05) is 13.8 Å². The molecule has 0 spiro atoms. The predicted octanol–water partition coefficient (Wildman–Crippen LogP) is 5.28. The molecular weight excluding hydrogens is 554 g/mol. The number of carbonyl (C=O) groups excluding carboxylic acids is 3. The second-order valence-corrected chi connectivity index (χ2v) is 10.8. The van der Waals surface area contributed by atoms with Crippen molar-refractivity contribution in [3.8, 4) is 0 Å². The smallest absolute Gasteiger partial charge is 0.346 e. The van der Waals surface area contributed by atoms with Gasteiger partial charge in [-0.15, -0.1) is 0 Å². The van der Waals surface area contributed by atoms with E-state index < -0.39 is 48.2 Å². The van der Waals surface area contributed by atoms with Crippen LogP contribution >= 0.6 is 11.6 Å². The number of carbonyl (C=O) groups is 3. The topological polar surface area (TPSA) is 105 Å². The first kappa shape index (κ1) is 29.6. The monoisotopic (exact) mass is 583 g/mol. The van der Waals surface area contributed by atoms with Gasteiger partial charge in [0, 0.05) is 17.3 Å². The number of alkyl halides is 3. The highest BCUT2D eigenvalue weighted by Gasteiger charge is 2.40. The first-order valence-corrected chi connectivity index (χ1v) is 13.3. The number of hydrogen-bond acceptors (Lipinski definition) is 4. The minimum atomic E-state index is -4.60. The molecule has 2 fully saturated rings. The Morgan fingerprint density at radius 1 is 1.12 bits per heavy atom. The zero-order valence-corrected chi connectivity index (χ0v) is 22.9. The Morgan fingerprint density at radius 3 is 2.38 bits per heavy atom. The Kier molecular flexibility index (Phi) is 8.57. The minimum Gasteiger partial charge on any atom is -0.346 e. The van der Waals surface area contributed by atoms with Gasteiger partial charge in [-0.2, -0.15) is 18.3 Å². The van der Waals surface area contributed by atoms with Crippen LogP contribution in [-0.2, 0) is 9.59 Å². The van der Waals surface area contributed by atoms with Crippen molar-refractivity contribution in [2.75, 3.05) is 11.9 Å². The van der Waals surface area contributed by atoms with Crippen LogP contribution in [0.5, 0.6) is 0 Å². The van der Waals surface area contributed by atoms with Crippen molar-refractivity contribution in [3.63, 3.8) is 0 Å². The lowest BCUT2D eigenvalue weighted by molar-refractivity contribution is -0.139. The molecule has 0 bridgehead atoms. The molecule has 13 heteroatoms. The van der Waals surface area contributed by atoms with Crippen LogP contribution in [0.25, 0.3) is 0 Å². The van der Waals surface area contributed by atoms with Gasteiger partial charge in [0.25, 0.3) is 11.8 Å². The van der Waals surface area contributed by atoms with Crippen molar-refractivity contribution in [1.29, 1.82) is 0 Å². The molecule has 2 atom stereocenters. The van der Waals surface area contributed by atoms with Crippen LogP contribution in [0.3, 0.4) is 0 Å². The molecule has 1 unspecified atom stereocenters. The molecule has 0 saturated heterocycles. The van der Waals surface area contributed by atoms with Crippen molar-refractivity contribution in [2.45, 2.75) is 70.6 Å². The van der Waals surface area contributed by atoms with Crippen LogP contribution in [0.4, 0.5) is 23.2 Å². The standard InChI is InChI=1S/C27H30ClF4N5O3/c1-13(2)37-21(8-9-34-37)25(39)36-23(22(15-4-5-15)16-6-7-16)26(40)35-20-11-18(28)17(10-19(20)29)14(3)24(38)33-12-27(30,31)32/h8-11,13-15,23H,4-7,12H2,1-3H3,(H,33,38)(H,35,40)(H,36,39)/t14?,23-/m0/s1. The molecule has 0 radical (unpaired) electrons. The number of halogens is 5. The van der Waals surface area contributed by atoms with Gasteiger partial charge in [0.1, 0.15) is 24.1 Å². The Balaban J connectivity index is 1.56. The van der Waals surface area contributed by atoms with E-state index >= 15 is 4.39 Å². The summed E-state index contributed by atoms with van der Waals surface area (Å²) in [5, 5.41) is 11.1. The number of anilines is 1. The van der Waals surface area contributed by atoms with Crippen molar-refractivity contribution in [3.05, 3.63) is 57.6 Å². The summed E-state index contributed by atoms with van der Waals surface area (Å²) in [6.07, 6.45) is 0.289. The summed E-state index contributed by atoms with van der Waals surface area (Å²) in [6, 6.07) is 2.41. The predicted molar refractivity (Wildman–Crippen MR) is 140 cm³/mol. The van der Waals surface area contributed by atoms with Crippen LogP contribution in [0.2, 0.25) is 5.02 Å². The maximum Gasteiger partial charge on any atom is 0.405 e. The maximum absolute atomic E-state index is 15.1. The molecule has 2 aromatic rings. The molecule has 3 N–H and O–H groups in total. The number of nitrogens with zero attached hydrogens (tertiary/aromatic N) is 2. The molecule has 2 aliphatic carbocycles. The van der Waals surface area contributed by atoms with Gasteiger partial charge in [0.05, 0.1) is 11.6 Å². The van der Waals surface area contributed by atoms with E-state index in [-0.39, 0.29) is 33.9 Å². The molecule has 2 saturated carbocycles. The lowest BCUT2D eigenvalue weighted by Crippen LogP contribution is -2.46. The third kappa shape index (κ3) is 7.01. The highest BCUT2D eigenvalue weighted by Crippen LogP contribution is 2.46. The normalized spacial score (nSPS) is 16.4. The highest BCUT2D eigenvalue weighted by molar-refractivity contribution is 6.32. The summed E-state index contributed by atoms with van der Waals surface area (Å²) >= 11 is 6.27. The Morgan fingerprint density at radius 2 is 1.80 bits per heavy atom. The van der Waals surface area contributed by atoms with E-state index in [0.717, 1.165) is 49.0 Å². The van der Waals surface area contributed by atoms with E-state index in [9.17, 15) is 27.6 Å². The number of amides is 3. The van der Waals surface area contributed by atoms with E-state index in [1.54, 1.807) is 11.4 Å². The number of aromatic nitrogens is 2. The molecule has 40 heavy (non-hydrogen) atoms. The van der Waals surface area contributed by atoms with Crippen LogP contribution in [-0.4, -0.2) is 46.3 Å². The second kappa shape index (κ2) is 11.6. The second-order valence-electron chi connectivity index (χ2n) is 10.4. The molecule has 4 rings (SSSR count). The lowest BCUT2D eigenvalue weighted by Gasteiger charge is -2.23. The fraction of sp³-hybridized carbons (Fsp3) is 0.481. The molecule has 1 aromatic heterocycles. The SMILES string of the molecule is CC(C(=O)NCC(F)(F)F)c1cc(F)c(NC(=O)[C@@H](NC(=O)c2ccnn2C(C)C)C(=C2CC2)C2CC2)cc1Cl. The van der Waals surface area contributed by atoms with Gasteiger partial charge in [0.2, 0.25) is 5.91 Å². The van der Waals surface area contributed by atoms with E-state index in [1.165, 1.54) is 17.8 Å². The molecule has 216 valence electrons. The van der Waals surface area contributed by atoms with Gasteiger partial charge in [-0.25, -0.2) is 4.39 Å². The maximum atomic E-state index is 15.1. The van der Waals surface area contributed by atoms with Crippen LogP contribution in [0.1, 0.15) is 74.5 Å². The first-order valence-electron chi connectivity index (χ1n) is 13.0. The van der Waals surface area contributed by atoms with E-state index in [0.29, 0.717) is 0 Å². The highest BCUT2D eigenvalue weighted by atomic mass is 35.5. The van der Waals surface area contributed by atoms with Gasteiger partial charge < -0.3 is 16.0 Å². The van der Waals surface area contributed by atoms with Gasteiger partial charge in [-0.1, -0.05) is 17.2 Å². The zero-order valence-electron chi connectivity index (χ0n) is 22.2. The number of allylic oxidation sites excluding steroid dienone is 1. The summed E-state index contributed by atoms with van der Waals surface area (Å²) < 4.78 is 54.1. The first-order chi connectivity index (χ1) is 18.8. The summed E-state index contributed by atoms with van der Waals surface area (Å²) in [7, 11) is 0. The Hall–Kier alpha value is -3.41. The average Bonchev–Trinajstić information content (AvgIpc) is 3.82. The Labute approximate surface area is 233 Å². The molecule has 0 aliphatic heterocycles. The van der Waals surface area contributed by atoms with Crippen LogP contribution in [0.15, 0.2) is 35.5 Å². The minimum absolute atomic E-state index is 0.0394. The van der Waals surface area contributed by atoms with Gasteiger partial charge >= 0.3 is 6.18 Å².